The summed E-state index contributed by atoms with van der Waals surface area (Å²) in [6.07, 6.45) is 1.09. The molecule has 8 heteroatoms. The van der Waals surface area contributed by atoms with Crippen molar-refractivity contribution >= 4 is 35.2 Å². The van der Waals surface area contributed by atoms with E-state index >= 15 is 0 Å². The molecule has 2 aliphatic heterocycles. The molecule has 0 unspecified atom stereocenters. The fourth-order valence-corrected chi connectivity index (χ4v) is 5.56. The molecule has 2 fully saturated rings. The molecular weight excluding hydrogens is 448 g/mol. The van der Waals surface area contributed by atoms with Gasteiger partial charge in [-0.25, -0.2) is 0 Å². The largest absolute Gasteiger partial charge is 0.352 e. The first kappa shape index (κ1) is 24.1. The lowest BCUT2D eigenvalue weighted by atomic mass is 9.85. The van der Waals surface area contributed by atoms with Crippen LogP contribution >= 0.6 is 11.8 Å². The van der Waals surface area contributed by atoms with Crippen LogP contribution in [0.5, 0.6) is 0 Å². The van der Waals surface area contributed by atoms with Crippen molar-refractivity contribution in [2.45, 2.75) is 43.2 Å². The van der Waals surface area contributed by atoms with Crippen molar-refractivity contribution in [1.29, 1.82) is 0 Å². The van der Waals surface area contributed by atoms with Crippen molar-refractivity contribution < 1.29 is 14.4 Å². The molecule has 2 saturated heterocycles. The standard InChI is InChI=1S/C26H32N4O3S/c1-20(2)27-23(31)17-29-19-30(21-9-5-3-6-10-21)26(25(29)33)13-15-28(16-14-26)24(32)18-34-22-11-7-4-8-12-22/h3-12,20H,13-19H2,1-2H3,(H,27,31). The van der Waals surface area contributed by atoms with Crippen LogP contribution in [0, 0.1) is 0 Å². The number of nitrogens with zero attached hydrogens (tertiary/aromatic N) is 3. The minimum atomic E-state index is -0.733. The molecule has 2 heterocycles. The number of hydrogen-bond donors (Lipinski definition) is 1. The predicted octanol–water partition coefficient (Wildman–Crippen LogP) is 2.97. The number of nitrogens with one attached hydrogen (secondary N) is 1. The van der Waals surface area contributed by atoms with Crippen LogP contribution in [0.4, 0.5) is 5.69 Å². The summed E-state index contributed by atoms with van der Waals surface area (Å²) in [6, 6.07) is 19.8. The number of rotatable bonds is 7. The molecular formula is C26H32N4O3S. The van der Waals surface area contributed by atoms with Crippen LogP contribution in [-0.2, 0) is 14.4 Å². The number of carbonyl (C=O) groups excluding carboxylic acids is 3. The van der Waals surface area contributed by atoms with E-state index in [1.807, 2.05) is 79.4 Å². The van der Waals surface area contributed by atoms with E-state index in [9.17, 15) is 14.4 Å². The Hall–Kier alpha value is -3.00. The quantitative estimate of drug-likeness (QED) is 0.617. The molecule has 180 valence electrons. The van der Waals surface area contributed by atoms with Gasteiger partial charge in [-0.2, -0.15) is 0 Å². The second kappa shape index (κ2) is 10.5. The van der Waals surface area contributed by atoms with Crippen LogP contribution in [-0.4, -0.2) is 71.2 Å². The first-order chi connectivity index (χ1) is 16.4. The summed E-state index contributed by atoms with van der Waals surface area (Å²) in [4.78, 5) is 45.7. The Morgan fingerprint density at radius 3 is 2.24 bits per heavy atom. The van der Waals surface area contributed by atoms with Crippen molar-refractivity contribution in [2.75, 3.05) is 37.0 Å². The summed E-state index contributed by atoms with van der Waals surface area (Å²) >= 11 is 1.53. The van der Waals surface area contributed by atoms with Gasteiger partial charge < -0.3 is 20.0 Å². The van der Waals surface area contributed by atoms with Crippen LogP contribution in [0.3, 0.4) is 0 Å². The van der Waals surface area contributed by atoms with Gasteiger partial charge in [0.2, 0.25) is 11.8 Å². The van der Waals surface area contributed by atoms with Crippen molar-refractivity contribution in [3.63, 3.8) is 0 Å². The molecule has 1 N–H and O–H groups in total. The SMILES string of the molecule is CC(C)NC(=O)CN1CN(c2ccccc2)C2(CCN(C(=O)CSc3ccccc3)CC2)C1=O. The molecule has 1 spiro atoms. The van der Waals surface area contributed by atoms with E-state index in [0.717, 1.165) is 10.6 Å². The molecule has 2 aromatic rings. The van der Waals surface area contributed by atoms with Gasteiger partial charge in [0, 0.05) is 29.7 Å². The second-order valence-electron chi connectivity index (χ2n) is 9.14. The van der Waals surface area contributed by atoms with Gasteiger partial charge in [-0.1, -0.05) is 36.4 Å². The van der Waals surface area contributed by atoms with Gasteiger partial charge in [0.05, 0.1) is 12.4 Å². The zero-order valence-electron chi connectivity index (χ0n) is 19.8. The van der Waals surface area contributed by atoms with E-state index < -0.39 is 5.54 Å². The fourth-order valence-electron chi connectivity index (χ4n) is 4.74. The van der Waals surface area contributed by atoms with Crippen LogP contribution in [0.15, 0.2) is 65.6 Å². The third kappa shape index (κ3) is 5.22. The van der Waals surface area contributed by atoms with Crippen molar-refractivity contribution in [2.24, 2.45) is 0 Å². The van der Waals surface area contributed by atoms with Gasteiger partial charge in [0.15, 0.2) is 0 Å². The van der Waals surface area contributed by atoms with Crippen molar-refractivity contribution in [3.05, 3.63) is 60.7 Å². The van der Waals surface area contributed by atoms with Gasteiger partial charge in [0.25, 0.3) is 5.91 Å². The summed E-state index contributed by atoms with van der Waals surface area (Å²) in [7, 11) is 0. The Kier molecular flexibility index (Phi) is 7.46. The first-order valence-electron chi connectivity index (χ1n) is 11.8. The van der Waals surface area contributed by atoms with E-state index in [1.54, 1.807) is 4.90 Å². The smallest absolute Gasteiger partial charge is 0.250 e. The van der Waals surface area contributed by atoms with E-state index in [-0.39, 0.29) is 30.3 Å². The Morgan fingerprint density at radius 1 is 1.00 bits per heavy atom. The summed E-state index contributed by atoms with van der Waals surface area (Å²) in [5.74, 6) is 0.294. The highest BCUT2D eigenvalue weighted by Crippen LogP contribution is 2.39. The predicted molar refractivity (Wildman–Crippen MR) is 134 cm³/mol. The summed E-state index contributed by atoms with van der Waals surface area (Å²) < 4.78 is 0. The minimum Gasteiger partial charge on any atom is -0.352 e. The van der Waals surface area contributed by atoms with Crippen LogP contribution in [0.2, 0.25) is 0 Å². The van der Waals surface area contributed by atoms with Crippen molar-refractivity contribution in [1.82, 2.24) is 15.1 Å². The lowest BCUT2D eigenvalue weighted by Gasteiger charge is -2.43. The maximum absolute atomic E-state index is 13.7. The Labute approximate surface area is 205 Å². The molecule has 0 bridgehead atoms. The number of thioether (sulfide) groups is 1. The van der Waals surface area contributed by atoms with Gasteiger partial charge in [0.1, 0.15) is 12.1 Å². The van der Waals surface area contributed by atoms with Gasteiger partial charge in [-0.3, -0.25) is 14.4 Å². The van der Waals surface area contributed by atoms with Crippen LogP contribution in [0.1, 0.15) is 26.7 Å². The maximum atomic E-state index is 13.7. The Morgan fingerprint density at radius 2 is 1.62 bits per heavy atom. The highest BCUT2D eigenvalue weighted by molar-refractivity contribution is 8.00. The number of anilines is 1. The summed E-state index contributed by atoms with van der Waals surface area (Å²) in [5, 5.41) is 2.88. The molecule has 2 aromatic carbocycles. The average Bonchev–Trinajstić information content (AvgIpc) is 3.09. The molecule has 0 atom stereocenters. The first-order valence-corrected chi connectivity index (χ1v) is 12.7. The van der Waals surface area contributed by atoms with E-state index in [2.05, 4.69) is 10.2 Å². The normalized spacial score (nSPS) is 17.5. The Bertz CT molecular complexity index is 1010. The molecule has 4 rings (SSSR count). The fraction of sp³-hybridized carbons (Fsp3) is 0.423. The molecule has 34 heavy (non-hydrogen) atoms. The van der Waals surface area contributed by atoms with Gasteiger partial charge in [-0.05, 0) is 51.0 Å². The molecule has 0 aromatic heterocycles. The highest BCUT2D eigenvalue weighted by atomic mass is 32.2. The summed E-state index contributed by atoms with van der Waals surface area (Å²) in [6.45, 7) is 5.27. The second-order valence-corrected chi connectivity index (χ2v) is 10.2. The van der Waals surface area contributed by atoms with Gasteiger partial charge in [-0.15, -0.1) is 11.8 Å². The minimum absolute atomic E-state index is 0.0207. The third-order valence-electron chi connectivity index (χ3n) is 6.41. The highest BCUT2D eigenvalue weighted by Gasteiger charge is 2.54. The molecule has 0 saturated carbocycles. The number of likely N-dealkylation sites (tertiary alicyclic amines) is 1. The molecule has 2 aliphatic rings. The molecule has 7 nitrogen and oxygen atoms in total. The number of carbonyl (C=O) groups is 3. The zero-order chi connectivity index (χ0) is 24.1. The van der Waals surface area contributed by atoms with Crippen LogP contribution in [0.25, 0.3) is 0 Å². The molecule has 3 amide bonds. The number of amides is 3. The maximum Gasteiger partial charge on any atom is 0.250 e. The number of piperidine rings is 1. The number of benzene rings is 2. The summed E-state index contributed by atoms with van der Waals surface area (Å²) in [5.41, 5.74) is 0.227. The lowest BCUT2D eigenvalue weighted by Crippen LogP contribution is -2.57. The van der Waals surface area contributed by atoms with E-state index in [4.69, 9.17) is 0 Å². The topological polar surface area (TPSA) is 73.0 Å². The molecule has 0 aliphatic carbocycles. The van der Waals surface area contributed by atoms with E-state index in [1.165, 1.54) is 11.8 Å². The molecule has 0 radical (unpaired) electrons. The van der Waals surface area contributed by atoms with Crippen molar-refractivity contribution in [3.8, 4) is 0 Å². The van der Waals surface area contributed by atoms with Gasteiger partial charge >= 0.3 is 0 Å². The number of hydrogen-bond acceptors (Lipinski definition) is 5. The lowest BCUT2D eigenvalue weighted by molar-refractivity contribution is -0.139. The zero-order valence-corrected chi connectivity index (χ0v) is 20.6. The number of para-hydroxylation sites is 1. The third-order valence-corrected chi connectivity index (χ3v) is 7.41. The van der Waals surface area contributed by atoms with E-state index in [0.29, 0.717) is 38.4 Å². The average molecular weight is 481 g/mol. The van der Waals surface area contributed by atoms with Crippen LogP contribution < -0.4 is 10.2 Å². The monoisotopic (exact) mass is 480 g/mol. The Balaban J connectivity index is 1.46.